The van der Waals surface area contributed by atoms with Crippen molar-refractivity contribution in [1.82, 2.24) is 5.32 Å². The number of aliphatic hydroxyl groups is 1. The molecule has 2 rings (SSSR count). The normalized spacial score (nSPS) is 16.8. The van der Waals surface area contributed by atoms with Crippen molar-refractivity contribution >= 4 is 17.7 Å². The Morgan fingerprint density at radius 3 is 2.74 bits per heavy atom. The molecular weight excluding hydrogens is 258 g/mol. The first-order chi connectivity index (χ1) is 9.04. The molecular formula is C15H21NO2S. The fourth-order valence-corrected chi connectivity index (χ4v) is 3.19. The summed E-state index contributed by atoms with van der Waals surface area (Å²) in [4.78, 5) is 13.1. The fourth-order valence-electron chi connectivity index (χ4n) is 2.26. The second-order valence-corrected chi connectivity index (χ2v) is 6.41. The van der Waals surface area contributed by atoms with E-state index in [4.69, 9.17) is 0 Å². The molecule has 0 saturated heterocycles. The maximum atomic E-state index is 11.9. The van der Waals surface area contributed by atoms with Gasteiger partial charge in [0.15, 0.2) is 0 Å². The molecule has 1 aromatic carbocycles. The van der Waals surface area contributed by atoms with Gasteiger partial charge in [0.1, 0.15) is 0 Å². The van der Waals surface area contributed by atoms with Crippen LogP contribution in [0.5, 0.6) is 0 Å². The zero-order chi connectivity index (χ0) is 13.9. The summed E-state index contributed by atoms with van der Waals surface area (Å²) in [6.07, 6.45) is 2.87. The van der Waals surface area contributed by atoms with E-state index in [-0.39, 0.29) is 18.1 Å². The van der Waals surface area contributed by atoms with E-state index >= 15 is 0 Å². The average Bonchev–Trinajstić information content (AvgIpc) is 2.35. The highest BCUT2D eigenvalue weighted by Gasteiger charge is 2.37. The topological polar surface area (TPSA) is 49.3 Å². The number of carbonyl (C=O) groups is 1. The summed E-state index contributed by atoms with van der Waals surface area (Å²) in [5.41, 5.74) is 2.07. The second-order valence-electron chi connectivity index (χ2n) is 5.40. The van der Waals surface area contributed by atoms with Crippen molar-refractivity contribution in [3.05, 3.63) is 29.3 Å². The van der Waals surface area contributed by atoms with Gasteiger partial charge in [0, 0.05) is 4.90 Å². The molecule has 1 aromatic rings. The number of aliphatic hydroxyl groups excluding tert-OH is 1. The third-order valence-corrected chi connectivity index (χ3v) is 4.88. The van der Waals surface area contributed by atoms with Crippen LogP contribution in [0.4, 0.5) is 0 Å². The van der Waals surface area contributed by atoms with Gasteiger partial charge < -0.3 is 10.4 Å². The summed E-state index contributed by atoms with van der Waals surface area (Å²) in [6, 6.07) is 6.27. The Bertz CT molecular complexity index is 464. The maximum absolute atomic E-state index is 11.9. The van der Waals surface area contributed by atoms with Crippen LogP contribution in [0.3, 0.4) is 0 Å². The molecule has 0 heterocycles. The standard InChI is InChI=1S/C15H21NO2S/c1-11-4-5-12(2)13(8-11)19-9-14(18)16-15(10-17)6-3-7-15/h4-5,8,17H,3,6-7,9-10H2,1-2H3,(H,16,18). The van der Waals surface area contributed by atoms with E-state index < -0.39 is 0 Å². The average molecular weight is 279 g/mol. The molecule has 0 spiro atoms. The number of nitrogens with one attached hydrogen (secondary N) is 1. The predicted octanol–water partition coefficient (Wildman–Crippen LogP) is 2.43. The lowest BCUT2D eigenvalue weighted by atomic mass is 9.77. The van der Waals surface area contributed by atoms with Crippen molar-refractivity contribution in [3.8, 4) is 0 Å². The lowest BCUT2D eigenvalue weighted by molar-refractivity contribution is -0.122. The Hall–Kier alpha value is -1.00. The second kappa shape index (κ2) is 5.97. The molecule has 4 heteroatoms. The van der Waals surface area contributed by atoms with Crippen LogP contribution in [-0.4, -0.2) is 28.9 Å². The summed E-state index contributed by atoms with van der Waals surface area (Å²) in [6.45, 7) is 4.16. The largest absolute Gasteiger partial charge is 0.394 e. The van der Waals surface area contributed by atoms with Gasteiger partial charge in [-0.3, -0.25) is 4.79 Å². The van der Waals surface area contributed by atoms with E-state index in [0.717, 1.165) is 24.2 Å². The number of carbonyl (C=O) groups excluding carboxylic acids is 1. The van der Waals surface area contributed by atoms with E-state index in [1.165, 1.54) is 11.1 Å². The summed E-state index contributed by atoms with van der Waals surface area (Å²) in [5.74, 6) is 0.422. The Morgan fingerprint density at radius 1 is 1.42 bits per heavy atom. The predicted molar refractivity (Wildman–Crippen MR) is 78.5 cm³/mol. The van der Waals surface area contributed by atoms with Gasteiger partial charge in [0.2, 0.25) is 5.91 Å². The van der Waals surface area contributed by atoms with Crippen LogP contribution in [0.2, 0.25) is 0 Å². The van der Waals surface area contributed by atoms with E-state index in [2.05, 4.69) is 37.4 Å². The molecule has 1 aliphatic rings. The van der Waals surface area contributed by atoms with E-state index in [0.29, 0.717) is 5.75 Å². The summed E-state index contributed by atoms with van der Waals surface area (Å²) < 4.78 is 0. The van der Waals surface area contributed by atoms with E-state index in [1.807, 2.05) is 0 Å². The van der Waals surface area contributed by atoms with Crippen LogP contribution in [-0.2, 0) is 4.79 Å². The molecule has 0 radical (unpaired) electrons. The first-order valence-corrected chi connectivity index (χ1v) is 7.65. The number of hydrogen-bond acceptors (Lipinski definition) is 3. The maximum Gasteiger partial charge on any atom is 0.230 e. The third kappa shape index (κ3) is 3.51. The van der Waals surface area contributed by atoms with Gasteiger partial charge in [0.05, 0.1) is 17.9 Å². The molecule has 1 fully saturated rings. The lowest BCUT2D eigenvalue weighted by Crippen LogP contribution is -2.56. The molecule has 1 saturated carbocycles. The van der Waals surface area contributed by atoms with Crippen molar-refractivity contribution in [2.24, 2.45) is 0 Å². The molecule has 0 aromatic heterocycles. The van der Waals surface area contributed by atoms with Crippen molar-refractivity contribution in [1.29, 1.82) is 0 Å². The Morgan fingerprint density at radius 2 is 2.16 bits per heavy atom. The zero-order valence-electron chi connectivity index (χ0n) is 11.5. The van der Waals surface area contributed by atoms with Gasteiger partial charge >= 0.3 is 0 Å². The fraction of sp³-hybridized carbons (Fsp3) is 0.533. The Labute approximate surface area is 118 Å². The molecule has 1 aliphatic carbocycles. The number of aryl methyl sites for hydroxylation is 2. The quantitative estimate of drug-likeness (QED) is 0.814. The first-order valence-electron chi connectivity index (χ1n) is 6.67. The van der Waals surface area contributed by atoms with Crippen LogP contribution < -0.4 is 5.32 Å². The zero-order valence-corrected chi connectivity index (χ0v) is 12.3. The van der Waals surface area contributed by atoms with Crippen molar-refractivity contribution in [3.63, 3.8) is 0 Å². The Kier molecular flexibility index (Phi) is 4.53. The van der Waals surface area contributed by atoms with Crippen LogP contribution in [0, 0.1) is 13.8 Å². The molecule has 0 aliphatic heterocycles. The number of rotatable bonds is 5. The molecule has 0 bridgehead atoms. The SMILES string of the molecule is Cc1ccc(C)c(SCC(=O)NC2(CO)CCC2)c1. The molecule has 2 N–H and O–H groups in total. The third-order valence-electron chi connectivity index (χ3n) is 3.72. The van der Waals surface area contributed by atoms with Crippen molar-refractivity contribution < 1.29 is 9.90 Å². The number of benzene rings is 1. The summed E-state index contributed by atoms with van der Waals surface area (Å²) in [5, 5.41) is 12.3. The minimum Gasteiger partial charge on any atom is -0.394 e. The van der Waals surface area contributed by atoms with Gasteiger partial charge in [0.25, 0.3) is 0 Å². The van der Waals surface area contributed by atoms with Gasteiger partial charge in [-0.05, 0) is 44.7 Å². The Balaban J connectivity index is 1.88. The molecule has 3 nitrogen and oxygen atoms in total. The molecule has 1 amide bonds. The highest BCUT2D eigenvalue weighted by molar-refractivity contribution is 8.00. The minimum atomic E-state index is -0.334. The van der Waals surface area contributed by atoms with Gasteiger partial charge in [-0.25, -0.2) is 0 Å². The summed E-state index contributed by atoms with van der Waals surface area (Å²) in [7, 11) is 0. The van der Waals surface area contributed by atoms with E-state index in [9.17, 15) is 9.90 Å². The molecule has 104 valence electrons. The molecule has 0 unspecified atom stereocenters. The monoisotopic (exact) mass is 279 g/mol. The van der Waals surface area contributed by atoms with Crippen LogP contribution in [0.25, 0.3) is 0 Å². The number of thioether (sulfide) groups is 1. The van der Waals surface area contributed by atoms with E-state index in [1.54, 1.807) is 11.8 Å². The van der Waals surface area contributed by atoms with Crippen LogP contribution in [0.15, 0.2) is 23.1 Å². The lowest BCUT2D eigenvalue weighted by Gasteiger charge is -2.40. The minimum absolute atomic E-state index is 0.0136. The molecule has 19 heavy (non-hydrogen) atoms. The van der Waals surface area contributed by atoms with Gasteiger partial charge in [-0.1, -0.05) is 17.7 Å². The van der Waals surface area contributed by atoms with Crippen LogP contribution >= 0.6 is 11.8 Å². The highest BCUT2D eigenvalue weighted by Crippen LogP contribution is 2.31. The van der Waals surface area contributed by atoms with Crippen LogP contribution in [0.1, 0.15) is 30.4 Å². The smallest absolute Gasteiger partial charge is 0.230 e. The highest BCUT2D eigenvalue weighted by atomic mass is 32.2. The number of hydrogen-bond donors (Lipinski definition) is 2. The van der Waals surface area contributed by atoms with Crippen molar-refractivity contribution in [2.75, 3.05) is 12.4 Å². The summed E-state index contributed by atoms with van der Waals surface area (Å²) >= 11 is 1.56. The number of amides is 1. The first kappa shape index (κ1) is 14.4. The van der Waals surface area contributed by atoms with Gasteiger partial charge in [-0.15, -0.1) is 11.8 Å². The van der Waals surface area contributed by atoms with Gasteiger partial charge in [-0.2, -0.15) is 0 Å². The molecule has 0 atom stereocenters. The van der Waals surface area contributed by atoms with Crippen molar-refractivity contribution in [2.45, 2.75) is 43.5 Å².